The van der Waals surface area contributed by atoms with E-state index >= 15 is 0 Å². The molecule has 1 unspecified atom stereocenters. The van der Waals surface area contributed by atoms with Crippen molar-refractivity contribution in [3.05, 3.63) is 30.3 Å². The quantitative estimate of drug-likeness (QED) is 0.558. The van der Waals surface area contributed by atoms with Gasteiger partial charge in [-0.05, 0) is 0 Å². The Morgan fingerprint density at radius 2 is 1.88 bits per heavy atom. The van der Waals surface area contributed by atoms with Gasteiger partial charge in [0, 0.05) is 0 Å². The Kier molecular flexibility index (Phi) is 6.25. The number of hydrogen-bond acceptors (Lipinski definition) is 5. The number of esters is 1. The van der Waals surface area contributed by atoms with Crippen LogP contribution in [0.3, 0.4) is 0 Å². The Morgan fingerprint density at radius 1 is 1.24 bits per heavy atom. The van der Waals surface area contributed by atoms with E-state index in [9.17, 15) is 14.4 Å². The predicted molar refractivity (Wildman–Crippen MR) is 93.7 cm³/mol. The van der Waals surface area contributed by atoms with Crippen LogP contribution in [0.15, 0.2) is 30.3 Å². The van der Waals surface area contributed by atoms with Crippen LogP contribution >= 0.6 is 0 Å². The van der Waals surface area contributed by atoms with Gasteiger partial charge >= 0.3 is 154 Å². The zero-order chi connectivity index (χ0) is 18.6. The SMILES string of the molecule is CCOC(=O)[C@@H]1CC([Se]c2ccccc2)C(=O)N1C(=O)OC(C)(C)C. The number of amides is 2. The Morgan fingerprint density at radius 3 is 2.44 bits per heavy atom. The van der Waals surface area contributed by atoms with Gasteiger partial charge in [-0.2, -0.15) is 0 Å². The number of ether oxygens (including phenoxy) is 2. The molecule has 0 aromatic heterocycles. The van der Waals surface area contributed by atoms with Gasteiger partial charge in [-0.3, -0.25) is 0 Å². The number of nitrogens with zero attached hydrogens (tertiary/aromatic N) is 1. The summed E-state index contributed by atoms with van der Waals surface area (Å²) in [5.41, 5.74) is -0.751. The van der Waals surface area contributed by atoms with Crippen molar-refractivity contribution in [2.24, 2.45) is 0 Å². The topological polar surface area (TPSA) is 72.9 Å². The fourth-order valence-corrected chi connectivity index (χ4v) is 4.83. The van der Waals surface area contributed by atoms with E-state index < -0.39 is 28.5 Å². The minimum absolute atomic E-state index is 0.181. The van der Waals surface area contributed by atoms with Crippen LogP contribution in [-0.2, 0) is 19.1 Å². The number of imide groups is 1. The van der Waals surface area contributed by atoms with Crippen molar-refractivity contribution in [1.82, 2.24) is 4.90 Å². The molecule has 25 heavy (non-hydrogen) atoms. The average Bonchev–Trinajstić information content (AvgIpc) is 2.84. The van der Waals surface area contributed by atoms with Crippen molar-refractivity contribution < 1.29 is 23.9 Å². The molecule has 1 fully saturated rings. The predicted octanol–water partition coefficient (Wildman–Crippen LogP) is 1.90. The van der Waals surface area contributed by atoms with Gasteiger partial charge in [0.25, 0.3) is 0 Å². The molecule has 0 bridgehead atoms. The Labute approximate surface area is 154 Å². The van der Waals surface area contributed by atoms with E-state index in [0.29, 0.717) is 0 Å². The third-order valence-corrected chi connectivity index (χ3v) is 6.00. The molecule has 0 spiro atoms. The number of rotatable bonds is 4. The number of likely N-dealkylation sites (tertiary alicyclic amines) is 1. The normalized spacial score (nSPS) is 20.5. The molecule has 7 heteroatoms. The van der Waals surface area contributed by atoms with E-state index in [0.717, 1.165) is 9.36 Å². The zero-order valence-corrected chi connectivity index (χ0v) is 16.6. The minimum atomic E-state index is -0.919. The summed E-state index contributed by atoms with van der Waals surface area (Å²) in [7, 11) is 0. The van der Waals surface area contributed by atoms with Gasteiger partial charge in [-0.1, -0.05) is 0 Å². The molecule has 1 aliphatic heterocycles. The summed E-state index contributed by atoms with van der Waals surface area (Å²) < 4.78 is 11.4. The first kappa shape index (κ1) is 19.5. The van der Waals surface area contributed by atoms with Crippen LogP contribution < -0.4 is 4.46 Å². The first-order chi connectivity index (χ1) is 11.7. The zero-order valence-electron chi connectivity index (χ0n) is 14.9. The van der Waals surface area contributed by atoms with Gasteiger partial charge in [-0.15, -0.1) is 0 Å². The molecule has 0 N–H and O–H groups in total. The molecule has 1 heterocycles. The Bertz CT molecular complexity index is 641. The first-order valence-corrected chi connectivity index (χ1v) is 10.0. The van der Waals surface area contributed by atoms with Crippen LogP contribution in [0, 0.1) is 0 Å². The van der Waals surface area contributed by atoms with Gasteiger partial charge in [0.05, 0.1) is 0 Å². The number of benzene rings is 1. The molecule has 1 saturated heterocycles. The van der Waals surface area contributed by atoms with Gasteiger partial charge in [-0.25, -0.2) is 0 Å². The Balaban J connectivity index is 2.22. The maximum atomic E-state index is 12.8. The summed E-state index contributed by atoms with van der Waals surface area (Å²) in [5.74, 6) is -0.927. The molecule has 1 aromatic carbocycles. The molecule has 2 rings (SSSR count). The number of carbonyl (C=O) groups excluding carboxylic acids is 3. The number of carbonyl (C=O) groups is 3. The van der Waals surface area contributed by atoms with Crippen molar-refractivity contribution in [1.29, 1.82) is 0 Å². The fourth-order valence-electron chi connectivity index (χ4n) is 2.45. The van der Waals surface area contributed by atoms with Crippen LogP contribution in [0.5, 0.6) is 0 Å². The van der Waals surface area contributed by atoms with Crippen LogP contribution in [0.4, 0.5) is 4.79 Å². The van der Waals surface area contributed by atoms with E-state index in [2.05, 4.69) is 0 Å². The third-order valence-electron chi connectivity index (χ3n) is 3.43. The van der Waals surface area contributed by atoms with Crippen molar-refractivity contribution in [3.63, 3.8) is 0 Å². The molecule has 0 radical (unpaired) electrons. The van der Waals surface area contributed by atoms with E-state index in [1.165, 1.54) is 0 Å². The molecular formula is C18H23NO5Se. The molecule has 136 valence electrons. The molecule has 1 aromatic rings. The molecule has 0 aliphatic carbocycles. The molecule has 6 nitrogen and oxygen atoms in total. The van der Waals surface area contributed by atoms with E-state index in [-0.39, 0.29) is 33.9 Å². The number of hydrogen-bond donors (Lipinski definition) is 0. The maximum absolute atomic E-state index is 12.8. The molecular weight excluding hydrogens is 389 g/mol. The summed E-state index contributed by atoms with van der Waals surface area (Å²) in [4.78, 5) is 38.1. The third kappa shape index (κ3) is 5.06. The van der Waals surface area contributed by atoms with E-state index in [1.807, 2.05) is 30.3 Å². The fraction of sp³-hybridized carbons (Fsp3) is 0.500. The Hall–Kier alpha value is -1.85. The second kappa shape index (κ2) is 8.02. The van der Waals surface area contributed by atoms with E-state index in [1.54, 1.807) is 27.7 Å². The van der Waals surface area contributed by atoms with Crippen molar-refractivity contribution in [2.75, 3.05) is 6.61 Å². The van der Waals surface area contributed by atoms with Crippen molar-refractivity contribution >= 4 is 37.4 Å². The van der Waals surface area contributed by atoms with Gasteiger partial charge < -0.3 is 0 Å². The average molecular weight is 412 g/mol. The first-order valence-electron chi connectivity index (χ1n) is 8.17. The summed E-state index contributed by atoms with van der Waals surface area (Å²) in [6, 6.07) is 8.70. The van der Waals surface area contributed by atoms with E-state index in [4.69, 9.17) is 9.47 Å². The second-order valence-electron chi connectivity index (χ2n) is 6.61. The van der Waals surface area contributed by atoms with Gasteiger partial charge in [0.1, 0.15) is 0 Å². The summed E-state index contributed by atoms with van der Waals surface area (Å²) >= 11 is -0.181. The molecule has 2 amide bonds. The van der Waals surface area contributed by atoms with Gasteiger partial charge in [0.15, 0.2) is 0 Å². The van der Waals surface area contributed by atoms with Crippen molar-refractivity contribution in [2.45, 2.75) is 50.6 Å². The van der Waals surface area contributed by atoms with Crippen molar-refractivity contribution in [3.8, 4) is 0 Å². The second-order valence-corrected chi connectivity index (χ2v) is 9.29. The monoisotopic (exact) mass is 413 g/mol. The van der Waals surface area contributed by atoms with Crippen LogP contribution in [0.1, 0.15) is 34.1 Å². The summed E-state index contributed by atoms with van der Waals surface area (Å²) in [6.45, 7) is 7.04. The van der Waals surface area contributed by atoms with Crippen LogP contribution in [-0.4, -0.2) is 56.1 Å². The van der Waals surface area contributed by atoms with Gasteiger partial charge in [0.2, 0.25) is 0 Å². The molecule has 0 saturated carbocycles. The molecule has 2 atom stereocenters. The standard InChI is InChI=1S/C18H23NO5Se/c1-5-23-16(21)13-11-14(25-12-9-7-6-8-10-12)15(20)19(13)17(22)24-18(2,3)4/h6-10,13-14H,5,11H2,1-4H3/t13-,14?/m0/s1. The summed E-state index contributed by atoms with van der Waals surface area (Å²) in [5, 5.41) is 0. The summed E-state index contributed by atoms with van der Waals surface area (Å²) in [6.07, 6.45) is -0.520. The van der Waals surface area contributed by atoms with Crippen LogP contribution in [0.2, 0.25) is 4.82 Å². The molecule has 1 aliphatic rings. The van der Waals surface area contributed by atoms with Crippen LogP contribution in [0.25, 0.3) is 0 Å².